The van der Waals surface area contributed by atoms with Gasteiger partial charge in [-0.05, 0) is 78.3 Å². The van der Waals surface area contributed by atoms with E-state index in [1.165, 1.54) is 43.8 Å². The monoisotopic (exact) mass is 563 g/mol. The summed E-state index contributed by atoms with van der Waals surface area (Å²) in [6.07, 6.45) is 4.50. The van der Waals surface area contributed by atoms with E-state index in [2.05, 4.69) is 108 Å². The van der Waals surface area contributed by atoms with Crippen molar-refractivity contribution in [3.63, 3.8) is 0 Å². The first-order chi connectivity index (χ1) is 21.8. The standard InChI is InChI=1S/C40H25N3O/c1-2-8-22(9-3-1)37-29-12-6-7-13-32(29)41-40(42-37)43-33-20-25-16-14-23(25)18-30(33)35-36-31-19-24-15-17-26(24)21-34(31)44-39(36)28-11-5-4-10-27(28)38(35)43/h1-13,18-21H,14-17H2. The van der Waals surface area contributed by atoms with Crippen molar-refractivity contribution in [3.8, 4) is 17.2 Å². The fourth-order valence-electron chi connectivity index (χ4n) is 7.79. The van der Waals surface area contributed by atoms with Gasteiger partial charge < -0.3 is 4.42 Å². The van der Waals surface area contributed by atoms with Crippen LogP contribution in [0.2, 0.25) is 0 Å². The number of hydrogen-bond donors (Lipinski definition) is 0. The van der Waals surface area contributed by atoms with E-state index in [0.717, 1.165) is 80.8 Å². The van der Waals surface area contributed by atoms with Crippen molar-refractivity contribution >= 4 is 65.4 Å². The Labute approximate surface area is 252 Å². The van der Waals surface area contributed by atoms with E-state index < -0.39 is 0 Å². The lowest BCUT2D eigenvalue weighted by Gasteiger charge is -2.19. The number of para-hydroxylation sites is 1. The number of aryl methyl sites for hydroxylation is 4. The molecule has 0 N–H and O–H groups in total. The molecule has 6 aromatic carbocycles. The summed E-state index contributed by atoms with van der Waals surface area (Å²) < 4.78 is 9.11. The summed E-state index contributed by atoms with van der Waals surface area (Å²) in [5, 5.41) is 8.23. The largest absolute Gasteiger partial charge is 0.455 e. The minimum Gasteiger partial charge on any atom is -0.455 e. The predicted molar refractivity (Wildman–Crippen MR) is 179 cm³/mol. The van der Waals surface area contributed by atoms with Crippen LogP contribution in [0.3, 0.4) is 0 Å². The Morgan fingerprint density at radius 2 is 1.20 bits per heavy atom. The average molecular weight is 564 g/mol. The molecule has 11 rings (SSSR count). The molecule has 44 heavy (non-hydrogen) atoms. The van der Waals surface area contributed by atoms with Crippen molar-refractivity contribution < 1.29 is 4.42 Å². The van der Waals surface area contributed by atoms with E-state index in [1.807, 2.05) is 0 Å². The van der Waals surface area contributed by atoms with Crippen LogP contribution in [0, 0.1) is 0 Å². The number of rotatable bonds is 2. The zero-order valence-corrected chi connectivity index (χ0v) is 23.9. The van der Waals surface area contributed by atoms with Crippen LogP contribution < -0.4 is 0 Å². The van der Waals surface area contributed by atoms with E-state index in [4.69, 9.17) is 14.4 Å². The van der Waals surface area contributed by atoms with Gasteiger partial charge in [0.2, 0.25) is 5.95 Å². The first-order valence-electron chi connectivity index (χ1n) is 15.5. The van der Waals surface area contributed by atoms with Crippen molar-refractivity contribution in [2.24, 2.45) is 0 Å². The molecule has 206 valence electrons. The fourth-order valence-corrected chi connectivity index (χ4v) is 7.79. The number of furan rings is 1. The highest BCUT2D eigenvalue weighted by Gasteiger charge is 2.27. The van der Waals surface area contributed by atoms with Crippen LogP contribution in [0.25, 0.3) is 82.6 Å². The molecule has 4 nitrogen and oxygen atoms in total. The molecule has 0 spiro atoms. The molecular weight excluding hydrogens is 538 g/mol. The summed E-state index contributed by atoms with van der Waals surface area (Å²) in [4.78, 5) is 10.7. The van der Waals surface area contributed by atoms with Crippen molar-refractivity contribution in [2.75, 3.05) is 0 Å². The first kappa shape index (κ1) is 23.0. The maximum absolute atomic E-state index is 6.77. The summed E-state index contributed by atoms with van der Waals surface area (Å²) in [5.74, 6) is 0.697. The topological polar surface area (TPSA) is 43.9 Å². The SMILES string of the molecule is c1ccc(-c2nc(-n3c4cc5c(cc4c4c6c7cc8c(cc7oc6c6ccccc6c43)CC8)CC5)nc3ccccc23)cc1. The van der Waals surface area contributed by atoms with Crippen LogP contribution >= 0.6 is 0 Å². The second kappa shape index (κ2) is 8.12. The Hall–Kier alpha value is -5.48. The van der Waals surface area contributed by atoms with E-state index in [1.54, 1.807) is 0 Å². The summed E-state index contributed by atoms with van der Waals surface area (Å²) >= 11 is 0. The van der Waals surface area contributed by atoms with Gasteiger partial charge in [0.05, 0.1) is 22.2 Å². The number of fused-ring (bicyclic) bond motifs is 13. The molecule has 9 aromatic rings. The highest BCUT2D eigenvalue weighted by atomic mass is 16.3. The highest BCUT2D eigenvalue weighted by Crippen LogP contribution is 2.48. The molecule has 0 amide bonds. The molecule has 0 atom stereocenters. The molecule has 0 aliphatic heterocycles. The molecule has 3 heterocycles. The first-order valence-corrected chi connectivity index (χ1v) is 15.5. The number of nitrogens with zero attached hydrogens (tertiary/aromatic N) is 3. The van der Waals surface area contributed by atoms with E-state index in [0.29, 0.717) is 5.95 Å². The molecular formula is C40H25N3O. The lowest BCUT2D eigenvalue weighted by atomic mass is 9.86. The van der Waals surface area contributed by atoms with Crippen molar-refractivity contribution in [3.05, 3.63) is 125 Å². The molecule has 0 bridgehead atoms. The molecule has 0 fully saturated rings. The molecule has 2 aliphatic carbocycles. The van der Waals surface area contributed by atoms with Gasteiger partial charge in [0.25, 0.3) is 0 Å². The number of hydrogen-bond acceptors (Lipinski definition) is 3. The number of aromatic nitrogens is 3. The Kier molecular flexibility index (Phi) is 4.25. The third-order valence-electron chi connectivity index (χ3n) is 10.1. The Balaban J connectivity index is 1.38. The van der Waals surface area contributed by atoms with E-state index >= 15 is 0 Å². The molecule has 0 saturated heterocycles. The normalized spacial score (nSPS) is 14.0. The van der Waals surface area contributed by atoms with Gasteiger partial charge in [0.15, 0.2) is 0 Å². The minimum atomic E-state index is 0.697. The van der Waals surface area contributed by atoms with Crippen molar-refractivity contribution in [2.45, 2.75) is 25.7 Å². The van der Waals surface area contributed by atoms with Gasteiger partial charge in [0.1, 0.15) is 11.2 Å². The molecule has 0 radical (unpaired) electrons. The van der Waals surface area contributed by atoms with Crippen LogP contribution in [-0.2, 0) is 25.7 Å². The summed E-state index contributed by atoms with van der Waals surface area (Å²) in [6, 6.07) is 37.0. The van der Waals surface area contributed by atoms with E-state index in [-0.39, 0.29) is 0 Å². The van der Waals surface area contributed by atoms with Gasteiger partial charge in [-0.15, -0.1) is 0 Å². The maximum Gasteiger partial charge on any atom is 0.235 e. The third kappa shape index (κ3) is 2.88. The maximum atomic E-state index is 6.77. The molecule has 0 unspecified atom stereocenters. The van der Waals surface area contributed by atoms with Gasteiger partial charge in [0, 0.05) is 43.3 Å². The van der Waals surface area contributed by atoms with Crippen LogP contribution in [0.4, 0.5) is 0 Å². The third-order valence-corrected chi connectivity index (χ3v) is 10.1. The molecule has 0 saturated carbocycles. The quantitative estimate of drug-likeness (QED) is 0.210. The van der Waals surface area contributed by atoms with Gasteiger partial charge in [-0.3, -0.25) is 4.57 Å². The average Bonchev–Trinajstić information content (AvgIpc) is 3.58. The fraction of sp³-hybridized carbons (Fsp3) is 0.100. The lowest BCUT2D eigenvalue weighted by Crippen LogP contribution is -2.09. The van der Waals surface area contributed by atoms with Gasteiger partial charge in [-0.1, -0.05) is 72.8 Å². The van der Waals surface area contributed by atoms with Crippen LogP contribution in [0.5, 0.6) is 0 Å². The van der Waals surface area contributed by atoms with Crippen LogP contribution in [-0.4, -0.2) is 14.5 Å². The summed E-state index contributed by atoms with van der Waals surface area (Å²) in [7, 11) is 0. The lowest BCUT2D eigenvalue weighted by molar-refractivity contribution is 0.670. The zero-order valence-electron chi connectivity index (χ0n) is 23.9. The summed E-state index contributed by atoms with van der Waals surface area (Å²) in [6.45, 7) is 0. The van der Waals surface area contributed by atoms with Crippen LogP contribution in [0.15, 0.2) is 108 Å². The van der Waals surface area contributed by atoms with Gasteiger partial charge in [-0.2, -0.15) is 0 Å². The van der Waals surface area contributed by atoms with Gasteiger partial charge >= 0.3 is 0 Å². The molecule has 2 aliphatic rings. The smallest absolute Gasteiger partial charge is 0.235 e. The second-order valence-electron chi connectivity index (χ2n) is 12.4. The second-order valence-corrected chi connectivity index (χ2v) is 12.4. The van der Waals surface area contributed by atoms with Crippen LogP contribution in [0.1, 0.15) is 22.3 Å². The highest BCUT2D eigenvalue weighted by molar-refractivity contribution is 6.36. The molecule has 3 aromatic heterocycles. The Bertz CT molecular complexity index is 2710. The van der Waals surface area contributed by atoms with Crippen molar-refractivity contribution in [1.29, 1.82) is 0 Å². The predicted octanol–water partition coefficient (Wildman–Crippen LogP) is 9.64. The number of benzene rings is 6. The van der Waals surface area contributed by atoms with Gasteiger partial charge in [-0.25, -0.2) is 9.97 Å². The van der Waals surface area contributed by atoms with E-state index in [9.17, 15) is 0 Å². The Morgan fingerprint density at radius 1 is 0.545 bits per heavy atom. The summed E-state index contributed by atoms with van der Waals surface area (Å²) in [5.41, 5.74) is 13.0. The zero-order chi connectivity index (χ0) is 28.5. The molecule has 4 heteroatoms. The minimum absolute atomic E-state index is 0.697. The Morgan fingerprint density at radius 3 is 2.00 bits per heavy atom. The van der Waals surface area contributed by atoms with Crippen molar-refractivity contribution in [1.82, 2.24) is 14.5 Å².